The first-order valence-electron chi connectivity index (χ1n) is 7.33. The Morgan fingerprint density at radius 2 is 2.05 bits per heavy atom. The van der Waals surface area contributed by atoms with E-state index in [2.05, 4.69) is 31.3 Å². The molecule has 19 heavy (non-hydrogen) atoms. The fourth-order valence-corrected chi connectivity index (χ4v) is 2.76. The Balaban J connectivity index is 2.05. The molecular formula is C16H24N2O. The highest BCUT2D eigenvalue weighted by Crippen LogP contribution is 2.26. The first-order chi connectivity index (χ1) is 9.24. The zero-order chi connectivity index (χ0) is 13.7. The molecule has 1 aliphatic heterocycles. The molecule has 0 aliphatic carbocycles. The third-order valence-electron chi connectivity index (χ3n) is 3.83. The fourth-order valence-electron chi connectivity index (χ4n) is 2.76. The van der Waals surface area contributed by atoms with Crippen molar-refractivity contribution in [3.8, 4) is 0 Å². The van der Waals surface area contributed by atoms with Crippen LogP contribution in [0.1, 0.15) is 51.3 Å². The summed E-state index contributed by atoms with van der Waals surface area (Å²) < 4.78 is 0. The van der Waals surface area contributed by atoms with E-state index in [1.807, 2.05) is 23.1 Å². The molecule has 3 heteroatoms. The van der Waals surface area contributed by atoms with Crippen LogP contribution in [0.15, 0.2) is 30.3 Å². The van der Waals surface area contributed by atoms with Crippen molar-refractivity contribution >= 4 is 5.91 Å². The number of amides is 1. The van der Waals surface area contributed by atoms with Crippen LogP contribution in [0.3, 0.4) is 0 Å². The van der Waals surface area contributed by atoms with Crippen LogP contribution in [0.2, 0.25) is 0 Å². The molecule has 0 radical (unpaired) electrons. The topological polar surface area (TPSA) is 32.3 Å². The smallest absolute Gasteiger partial charge is 0.238 e. The van der Waals surface area contributed by atoms with Gasteiger partial charge in [-0.3, -0.25) is 10.1 Å². The molecule has 1 aromatic rings. The van der Waals surface area contributed by atoms with Crippen molar-refractivity contribution in [2.45, 2.75) is 51.7 Å². The lowest BCUT2D eigenvalue weighted by Crippen LogP contribution is -2.37. The van der Waals surface area contributed by atoms with Crippen molar-refractivity contribution in [3.05, 3.63) is 35.9 Å². The van der Waals surface area contributed by atoms with Gasteiger partial charge in [0.25, 0.3) is 0 Å². The normalized spacial score (nSPS) is 20.8. The van der Waals surface area contributed by atoms with Gasteiger partial charge in [-0.1, -0.05) is 56.5 Å². The van der Waals surface area contributed by atoms with E-state index in [-0.39, 0.29) is 12.1 Å². The molecule has 1 fully saturated rings. The van der Waals surface area contributed by atoms with Crippen molar-refractivity contribution in [3.63, 3.8) is 0 Å². The molecule has 1 aliphatic rings. The van der Waals surface area contributed by atoms with E-state index in [0.29, 0.717) is 12.6 Å². The van der Waals surface area contributed by atoms with E-state index in [4.69, 9.17) is 0 Å². The predicted molar refractivity (Wildman–Crippen MR) is 77.6 cm³/mol. The quantitative estimate of drug-likeness (QED) is 0.797. The zero-order valence-corrected chi connectivity index (χ0v) is 11.9. The van der Waals surface area contributed by atoms with Gasteiger partial charge in [0.1, 0.15) is 6.17 Å². The second-order valence-corrected chi connectivity index (χ2v) is 5.34. The van der Waals surface area contributed by atoms with Gasteiger partial charge in [0.15, 0.2) is 0 Å². The number of hydrogen-bond donors (Lipinski definition) is 1. The summed E-state index contributed by atoms with van der Waals surface area (Å²) in [6.07, 6.45) is 4.80. The summed E-state index contributed by atoms with van der Waals surface area (Å²) in [5.74, 6) is 0.220. The summed E-state index contributed by atoms with van der Waals surface area (Å²) in [6.45, 7) is 4.83. The van der Waals surface area contributed by atoms with E-state index < -0.39 is 0 Å². The van der Waals surface area contributed by atoms with Crippen LogP contribution in [0.5, 0.6) is 0 Å². The number of carbonyl (C=O) groups excluding carboxylic acids is 1. The van der Waals surface area contributed by atoms with Crippen LogP contribution in [0.4, 0.5) is 0 Å². The fraction of sp³-hybridized carbons (Fsp3) is 0.562. The number of rotatable bonds is 6. The van der Waals surface area contributed by atoms with Gasteiger partial charge in [-0.15, -0.1) is 0 Å². The summed E-state index contributed by atoms with van der Waals surface area (Å²) in [4.78, 5) is 14.1. The highest BCUT2D eigenvalue weighted by Gasteiger charge is 2.34. The van der Waals surface area contributed by atoms with Crippen LogP contribution in [0.25, 0.3) is 0 Å². The maximum absolute atomic E-state index is 12.1. The maximum atomic E-state index is 12.1. The Morgan fingerprint density at radius 1 is 1.32 bits per heavy atom. The van der Waals surface area contributed by atoms with Crippen molar-refractivity contribution < 1.29 is 4.79 Å². The highest BCUT2D eigenvalue weighted by atomic mass is 16.2. The molecule has 1 N–H and O–H groups in total. The molecule has 104 valence electrons. The van der Waals surface area contributed by atoms with E-state index in [1.165, 1.54) is 24.8 Å². The zero-order valence-electron chi connectivity index (χ0n) is 11.9. The van der Waals surface area contributed by atoms with Crippen LogP contribution in [0, 0.1) is 0 Å². The van der Waals surface area contributed by atoms with Gasteiger partial charge < -0.3 is 4.90 Å². The number of nitrogens with one attached hydrogen (secondary N) is 1. The molecule has 0 spiro atoms. The minimum atomic E-state index is 0.0466. The summed E-state index contributed by atoms with van der Waals surface area (Å²) in [5, 5.41) is 3.32. The number of nitrogens with zero attached hydrogens (tertiary/aromatic N) is 1. The summed E-state index contributed by atoms with van der Waals surface area (Å²) in [6, 6.07) is 10.5. The van der Waals surface area contributed by atoms with Crippen LogP contribution in [-0.4, -0.2) is 23.4 Å². The molecule has 1 aromatic carbocycles. The van der Waals surface area contributed by atoms with Crippen molar-refractivity contribution in [1.82, 2.24) is 10.2 Å². The van der Waals surface area contributed by atoms with Gasteiger partial charge in [-0.25, -0.2) is 0 Å². The van der Waals surface area contributed by atoms with Crippen LogP contribution >= 0.6 is 0 Å². The van der Waals surface area contributed by atoms with Gasteiger partial charge in [-0.05, 0) is 18.9 Å². The average molecular weight is 260 g/mol. The Kier molecular flexibility index (Phi) is 4.97. The Bertz CT molecular complexity index is 404. The third kappa shape index (κ3) is 3.35. The predicted octanol–water partition coefficient (Wildman–Crippen LogP) is 3.09. The molecular weight excluding hydrogens is 236 g/mol. The van der Waals surface area contributed by atoms with Gasteiger partial charge in [0.2, 0.25) is 5.91 Å². The number of unbranched alkanes of at least 4 members (excludes halogenated alkanes) is 2. The molecule has 0 saturated carbocycles. The Morgan fingerprint density at radius 3 is 2.74 bits per heavy atom. The number of benzene rings is 1. The van der Waals surface area contributed by atoms with Crippen molar-refractivity contribution in [1.29, 1.82) is 0 Å². The first kappa shape index (κ1) is 14.1. The first-order valence-corrected chi connectivity index (χ1v) is 7.33. The second kappa shape index (κ2) is 6.71. The molecule has 1 amide bonds. The standard InChI is InChI=1S/C16H24N2O/c1-3-4-6-9-13(2)18-15(19)12-17-16(18)14-10-7-5-8-11-14/h5,7-8,10-11,13,16-17H,3-4,6,9,12H2,1-2H3. The van der Waals surface area contributed by atoms with Gasteiger partial charge in [0.05, 0.1) is 6.54 Å². The Hall–Kier alpha value is -1.35. The second-order valence-electron chi connectivity index (χ2n) is 5.34. The lowest BCUT2D eigenvalue weighted by Gasteiger charge is -2.30. The van der Waals surface area contributed by atoms with Gasteiger partial charge in [-0.2, -0.15) is 0 Å². The van der Waals surface area contributed by atoms with Crippen molar-refractivity contribution in [2.75, 3.05) is 6.54 Å². The van der Waals surface area contributed by atoms with Crippen LogP contribution < -0.4 is 5.32 Å². The SMILES string of the molecule is CCCCCC(C)N1C(=O)CNC1c1ccccc1. The molecule has 0 aromatic heterocycles. The monoisotopic (exact) mass is 260 g/mol. The molecule has 2 rings (SSSR count). The lowest BCUT2D eigenvalue weighted by molar-refractivity contribution is -0.130. The molecule has 2 atom stereocenters. The number of hydrogen-bond acceptors (Lipinski definition) is 2. The summed E-state index contributed by atoms with van der Waals surface area (Å²) in [7, 11) is 0. The van der Waals surface area contributed by atoms with E-state index in [1.54, 1.807) is 0 Å². The summed E-state index contributed by atoms with van der Waals surface area (Å²) in [5.41, 5.74) is 1.18. The van der Waals surface area contributed by atoms with Gasteiger partial charge in [0, 0.05) is 6.04 Å². The van der Waals surface area contributed by atoms with Gasteiger partial charge >= 0.3 is 0 Å². The summed E-state index contributed by atoms with van der Waals surface area (Å²) >= 11 is 0. The minimum Gasteiger partial charge on any atom is -0.319 e. The number of carbonyl (C=O) groups is 1. The third-order valence-corrected chi connectivity index (χ3v) is 3.83. The molecule has 1 saturated heterocycles. The maximum Gasteiger partial charge on any atom is 0.238 e. The highest BCUT2D eigenvalue weighted by molar-refractivity contribution is 5.81. The average Bonchev–Trinajstić information content (AvgIpc) is 2.82. The van der Waals surface area contributed by atoms with Crippen molar-refractivity contribution in [2.24, 2.45) is 0 Å². The van der Waals surface area contributed by atoms with E-state index >= 15 is 0 Å². The lowest BCUT2D eigenvalue weighted by atomic mass is 10.1. The largest absolute Gasteiger partial charge is 0.319 e. The molecule has 0 bridgehead atoms. The minimum absolute atomic E-state index is 0.0466. The van der Waals surface area contributed by atoms with E-state index in [9.17, 15) is 4.79 Å². The Labute approximate surface area is 116 Å². The molecule has 1 heterocycles. The molecule has 3 nitrogen and oxygen atoms in total. The molecule has 2 unspecified atom stereocenters. The van der Waals surface area contributed by atoms with E-state index in [0.717, 1.165) is 6.42 Å². The van der Waals surface area contributed by atoms with Crippen LogP contribution in [-0.2, 0) is 4.79 Å².